The molecule has 0 aliphatic rings. The van der Waals surface area contributed by atoms with Crippen LogP contribution in [0.2, 0.25) is 5.02 Å². The lowest BCUT2D eigenvalue weighted by atomic mass is 10.0. The lowest BCUT2D eigenvalue weighted by Gasteiger charge is -2.15. The third kappa shape index (κ3) is 3.12. The molecule has 0 saturated carbocycles. The minimum atomic E-state index is -0.366. The van der Waals surface area contributed by atoms with Gasteiger partial charge in [0.05, 0.1) is 5.02 Å². The Morgan fingerprint density at radius 3 is 2.78 bits per heavy atom. The van der Waals surface area contributed by atoms with Crippen molar-refractivity contribution < 1.29 is 4.39 Å². The summed E-state index contributed by atoms with van der Waals surface area (Å²) in [6.45, 7) is 0. The van der Waals surface area contributed by atoms with Gasteiger partial charge >= 0.3 is 0 Å². The van der Waals surface area contributed by atoms with Crippen LogP contribution in [-0.2, 0) is 6.42 Å². The summed E-state index contributed by atoms with van der Waals surface area (Å²) in [5, 5.41) is 5.45. The Hall–Kier alpha value is -0.420. The summed E-state index contributed by atoms with van der Waals surface area (Å²) < 4.78 is 14.5. The average molecular weight is 349 g/mol. The Morgan fingerprint density at radius 1 is 1.44 bits per heavy atom. The summed E-state index contributed by atoms with van der Waals surface area (Å²) in [6, 6.07) is 7.14. The zero-order valence-electron chi connectivity index (χ0n) is 9.71. The van der Waals surface area contributed by atoms with Crippen molar-refractivity contribution in [2.75, 3.05) is 7.05 Å². The first-order chi connectivity index (χ1) is 8.61. The summed E-state index contributed by atoms with van der Waals surface area (Å²) in [4.78, 5) is 1.22. The van der Waals surface area contributed by atoms with Crippen LogP contribution in [-0.4, -0.2) is 7.05 Å². The Labute approximate surface area is 123 Å². The number of hydrogen-bond acceptors (Lipinski definition) is 2. The molecule has 1 aromatic carbocycles. The molecular formula is C13H12BrClFNS. The normalized spacial score (nSPS) is 12.7. The van der Waals surface area contributed by atoms with Crippen LogP contribution in [0.15, 0.2) is 34.1 Å². The zero-order valence-corrected chi connectivity index (χ0v) is 12.9. The van der Waals surface area contributed by atoms with E-state index in [1.807, 2.05) is 24.6 Å². The molecule has 0 amide bonds. The van der Waals surface area contributed by atoms with Crippen LogP contribution in [0.1, 0.15) is 16.5 Å². The fraction of sp³-hybridized carbons (Fsp3) is 0.231. The van der Waals surface area contributed by atoms with Gasteiger partial charge in [0.25, 0.3) is 0 Å². The molecule has 0 aliphatic heterocycles. The van der Waals surface area contributed by atoms with Crippen LogP contribution in [0.5, 0.6) is 0 Å². The Kier molecular flexibility index (Phi) is 4.78. The van der Waals surface area contributed by atoms with Crippen molar-refractivity contribution in [1.82, 2.24) is 5.32 Å². The predicted molar refractivity (Wildman–Crippen MR) is 78.9 cm³/mol. The number of benzene rings is 1. The second-order valence-electron chi connectivity index (χ2n) is 3.93. The van der Waals surface area contributed by atoms with Gasteiger partial charge in [0.2, 0.25) is 0 Å². The number of nitrogens with one attached hydrogen (secondary N) is 1. The van der Waals surface area contributed by atoms with Gasteiger partial charge in [-0.15, -0.1) is 11.3 Å². The van der Waals surface area contributed by atoms with Crippen LogP contribution >= 0.6 is 38.9 Å². The first-order valence-corrected chi connectivity index (χ1v) is 7.51. The van der Waals surface area contributed by atoms with Crippen molar-refractivity contribution in [3.63, 3.8) is 0 Å². The smallest absolute Gasteiger partial charge is 0.142 e. The van der Waals surface area contributed by atoms with Gasteiger partial charge in [-0.1, -0.05) is 17.7 Å². The van der Waals surface area contributed by atoms with Gasteiger partial charge in [0, 0.05) is 15.4 Å². The van der Waals surface area contributed by atoms with Crippen LogP contribution in [0.25, 0.3) is 0 Å². The molecule has 2 rings (SSSR count). The van der Waals surface area contributed by atoms with Gasteiger partial charge in [0.15, 0.2) is 0 Å². The summed E-state index contributed by atoms with van der Waals surface area (Å²) in [5.74, 6) is -0.366. The minimum Gasteiger partial charge on any atom is -0.312 e. The molecule has 1 N–H and O–H groups in total. The third-order valence-electron chi connectivity index (χ3n) is 2.73. The molecule has 96 valence electrons. The van der Waals surface area contributed by atoms with Crippen molar-refractivity contribution in [2.45, 2.75) is 12.5 Å². The highest BCUT2D eigenvalue weighted by Gasteiger charge is 2.15. The van der Waals surface area contributed by atoms with Crippen LogP contribution < -0.4 is 5.32 Å². The lowest BCUT2D eigenvalue weighted by Crippen LogP contribution is -2.18. The molecular weight excluding hydrogens is 337 g/mol. The Morgan fingerprint density at radius 2 is 2.22 bits per heavy atom. The third-order valence-corrected chi connectivity index (χ3v) is 5.02. The summed E-state index contributed by atoms with van der Waals surface area (Å²) in [5.41, 5.74) is 0.927. The molecule has 0 bridgehead atoms. The molecule has 0 spiro atoms. The van der Waals surface area contributed by atoms with Crippen molar-refractivity contribution in [1.29, 1.82) is 0 Å². The SMILES string of the molecule is CNC(Cc1ccc(Cl)c(F)c1)c1sccc1Br. The summed E-state index contributed by atoms with van der Waals surface area (Å²) in [6.07, 6.45) is 0.726. The van der Waals surface area contributed by atoms with E-state index in [4.69, 9.17) is 11.6 Å². The second-order valence-corrected chi connectivity index (χ2v) is 6.14. The summed E-state index contributed by atoms with van der Waals surface area (Å²) in [7, 11) is 1.91. The fourth-order valence-electron chi connectivity index (χ4n) is 1.78. The van der Waals surface area contributed by atoms with E-state index in [9.17, 15) is 4.39 Å². The highest BCUT2D eigenvalue weighted by atomic mass is 79.9. The molecule has 0 radical (unpaired) electrons. The minimum absolute atomic E-state index is 0.164. The van der Waals surface area contributed by atoms with E-state index in [2.05, 4.69) is 21.2 Å². The molecule has 1 nitrogen and oxygen atoms in total. The van der Waals surface area contributed by atoms with Crippen LogP contribution in [0.4, 0.5) is 4.39 Å². The van der Waals surface area contributed by atoms with E-state index >= 15 is 0 Å². The van der Waals surface area contributed by atoms with E-state index in [0.717, 1.165) is 16.5 Å². The van der Waals surface area contributed by atoms with E-state index in [1.165, 1.54) is 10.9 Å². The fourth-order valence-corrected chi connectivity index (χ4v) is 3.66. The predicted octanol–water partition coefficient (Wildman–Crippen LogP) is 4.81. The van der Waals surface area contributed by atoms with E-state index in [-0.39, 0.29) is 16.9 Å². The first-order valence-electron chi connectivity index (χ1n) is 5.46. The summed E-state index contributed by atoms with van der Waals surface area (Å²) >= 11 is 10.9. The molecule has 1 heterocycles. The molecule has 0 aliphatic carbocycles. The lowest BCUT2D eigenvalue weighted by molar-refractivity contribution is 0.590. The van der Waals surface area contributed by atoms with Gasteiger partial charge in [-0.3, -0.25) is 0 Å². The maximum absolute atomic E-state index is 13.4. The van der Waals surface area contributed by atoms with Crippen molar-refractivity contribution >= 4 is 38.9 Å². The van der Waals surface area contributed by atoms with E-state index < -0.39 is 0 Å². The number of hydrogen-bond donors (Lipinski definition) is 1. The van der Waals surface area contributed by atoms with Crippen LogP contribution in [0, 0.1) is 5.82 Å². The molecule has 1 unspecified atom stereocenters. The maximum Gasteiger partial charge on any atom is 0.142 e. The number of likely N-dealkylation sites (N-methyl/N-ethyl adjacent to an activating group) is 1. The zero-order chi connectivity index (χ0) is 13.1. The Balaban J connectivity index is 2.20. The molecule has 18 heavy (non-hydrogen) atoms. The standard InChI is InChI=1S/C13H12BrClFNS/c1-17-12(13-9(14)4-5-18-13)7-8-2-3-10(15)11(16)6-8/h2-6,12,17H,7H2,1H3. The topological polar surface area (TPSA) is 12.0 Å². The molecule has 0 fully saturated rings. The number of thiophene rings is 1. The van der Waals surface area contributed by atoms with Crippen molar-refractivity contribution in [3.8, 4) is 0 Å². The monoisotopic (exact) mass is 347 g/mol. The molecule has 2 aromatic rings. The maximum atomic E-state index is 13.4. The number of rotatable bonds is 4. The van der Waals surface area contributed by atoms with Gasteiger partial charge in [-0.05, 0) is 58.5 Å². The van der Waals surface area contributed by atoms with Gasteiger partial charge < -0.3 is 5.32 Å². The molecule has 0 saturated heterocycles. The van der Waals surface area contributed by atoms with E-state index in [0.29, 0.717) is 0 Å². The molecule has 1 atom stereocenters. The quantitative estimate of drug-likeness (QED) is 0.836. The number of halogens is 3. The molecule has 1 aromatic heterocycles. The van der Waals surface area contributed by atoms with Gasteiger partial charge in [-0.2, -0.15) is 0 Å². The van der Waals surface area contributed by atoms with Crippen molar-refractivity contribution in [2.24, 2.45) is 0 Å². The first kappa shape index (κ1) is 14.0. The van der Waals surface area contributed by atoms with Crippen LogP contribution in [0.3, 0.4) is 0 Å². The van der Waals surface area contributed by atoms with Gasteiger partial charge in [0.1, 0.15) is 5.82 Å². The van der Waals surface area contributed by atoms with E-state index in [1.54, 1.807) is 17.4 Å². The highest BCUT2D eigenvalue weighted by molar-refractivity contribution is 9.10. The highest BCUT2D eigenvalue weighted by Crippen LogP contribution is 2.31. The largest absolute Gasteiger partial charge is 0.312 e. The van der Waals surface area contributed by atoms with Crippen molar-refractivity contribution in [3.05, 3.63) is 55.4 Å². The average Bonchev–Trinajstić information content (AvgIpc) is 2.77. The van der Waals surface area contributed by atoms with Gasteiger partial charge in [-0.25, -0.2) is 4.39 Å². The second kappa shape index (κ2) is 6.15. The Bertz CT molecular complexity index is 544. The molecule has 5 heteroatoms.